The lowest BCUT2D eigenvalue weighted by molar-refractivity contribution is 0.0589. The molecule has 3 aromatic rings. The molecule has 3 rings (SSSR count). The van der Waals surface area contributed by atoms with Gasteiger partial charge in [-0.15, -0.1) is 0 Å². The second-order valence-corrected chi connectivity index (χ2v) is 8.90. The van der Waals surface area contributed by atoms with Gasteiger partial charge in [0, 0.05) is 23.6 Å². The van der Waals surface area contributed by atoms with Gasteiger partial charge in [-0.1, -0.05) is 29.8 Å². The highest BCUT2D eigenvalue weighted by Crippen LogP contribution is 2.27. The van der Waals surface area contributed by atoms with E-state index in [9.17, 15) is 18.3 Å². The number of carbonyl (C=O) groups is 1. The fourth-order valence-corrected chi connectivity index (χ4v) is 4.25. The molecule has 5 nitrogen and oxygen atoms in total. The lowest BCUT2D eigenvalue weighted by Gasteiger charge is -2.16. The highest BCUT2D eigenvalue weighted by atomic mass is 32.2. The summed E-state index contributed by atoms with van der Waals surface area (Å²) in [5, 5.41) is 10.5. The summed E-state index contributed by atoms with van der Waals surface area (Å²) in [6, 6.07) is 13.2. The van der Waals surface area contributed by atoms with Crippen LogP contribution in [0.2, 0.25) is 0 Å². The van der Waals surface area contributed by atoms with Crippen LogP contribution in [-0.2, 0) is 10.0 Å². The van der Waals surface area contributed by atoms with Gasteiger partial charge in [0.25, 0.3) is 10.0 Å². The number of fused-ring (bicyclic) bond motifs is 1. The second-order valence-electron chi connectivity index (χ2n) is 7.08. The minimum atomic E-state index is -3.76. The molecular weight excluding hydrogens is 350 g/mol. The first-order valence-corrected chi connectivity index (χ1v) is 9.71. The van der Waals surface area contributed by atoms with Gasteiger partial charge in [0.05, 0.1) is 16.0 Å². The van der Waals surface area contributed by atoms with E-state index < -0.39 is 15.6 Å². The zero-order valence-corrected chi connectivity index (χ0v) is 15.7. The Labute approximate surface area is 152 Å². The van der Waals surface area contributed by atoms with Crippen LogP contribution in [0.5, 0.6) is 0 Å². The van der Waals surface area contributed by atoms with E-state index in [2.05, 4.69) is 0 Å². The van der Waals surface area contributed by atoms with Crippen molar-refractivity contribution in [3.05, 3.63) is 65.9 Å². The van der Waals surface area contributed by atoms with Crippen LogP contribution in [-0.4, -0.2) is 28.9 Å². The minimum absolute atomic E-state index is 0.0397. The summed E-state index contributed by atoms with van der Waals surface area (Å²) >= 11 is 0. The molecule has 0 bridgehead atoms. The quantitative estimate of drug-likeness (QED) is 0.696. The van der Waals surface area contributed by atoms with Gasteiger partial charge in [-0.3, -0.25) is 4.79 Å². The smallest absolute Gasteiger partial charge is 0.268 e. The predicted octanol–water partition coefficient (Wildman–Crippen LogP) is 3.53. The molecular formula is C20H21NO4S. The van der Waals surface area contributed by atoms with Crippen molar-refractivity contribution in [1.82, 2.24) is 3.97 Å². The van der Waals surface area contributed by atoms with Crippen LogP contribution in [0.4, 0.5) is 0 Å². The zero-order valence-electron chi connectivity index (χ0n) is 14.9. The van der Waals surface area contributed by atoms with Crippen molar-refractivity contribution in [3.8, 4) is 0 Å². The summed E-state index contributed by atoms with van der Waals surface area (Å²) in [7, 11) is -3.76. The molecule has 0 saturated carbocycles. The Morgan fingerprint density at radius 1 is 1.08 bits per heavy atom. The molecule has 0 aliphatic rings. The standard InChI is InChI=1S/C20H21NO4S/c1-14-7-9-15(10-8-14)26(24,25)21-12-11-16-17(5-4-6-18(16)21)19(22)13-20(2,3)23/h4-12,23H,13H2,1-3H3. The average molecular weight is 371 g/mol. The van der Waals surface area contributed by atoms with Gasteiger partial charge in [-0.2, -0.15) is 0 Å². The van der Waals surface area contributed by atoms with Crippen LogP contribution in [0.1, 0.15) is 36.2 Å². The summed E-state index contributed by atoms with van der Waals surface area (Å²) in [6.07, 6.45) is 1.42. The van der Waals surface area contributed by atoms with Gasteiger partial charge in [0.15, 0.2) is 5.78 Å². The molecule has 0 aliphatic carbocycles. The van der Waals surface area contributed by atoms with E-state index in [-0.39, 0.29) is 17.1 Å². The maximum atomic E-state index is 13.0. The summed E-state index contributed by atoms with van der Waals surface area (Å²) in [4.78, 5) is 12.7. The molecule has 136 valence electrons. The SMILES string of the molecule is Cc1ccc(S(=O)(=O)n2ccc3c(C(=O)CC(C)(C)O)cccc32)cc1. The van der Waals surface area contributed by atoms with Crippen LogP contribution in [0.15, 0.2) is 59.6 Å². The van der Waals surface area contributed by atoms with Crippen molar-refractivity contribution in [2.24, 2.45) is 0 Å². The molecule has 2 aromatic carbocycles. The molecule has 26 heavy (non-hydrogen) atoms. The highest BCUT2D eigenvalue weighted by molar-refractivity contribution is 7.90. The maximum absolute atomic E-state index is 13.0. The second kappa shape index (κ2) is 6.37. The van der Waals surface area contributed by atoms with Crippen molar-refractivity contribution in [2.75, 3.05) is 0 Å². The maximum Gasteiger partial charge on any atom is 0.268 e. The van der Waals surface area contributed by atoms with Crippen molar-refractivity contribution in [2.45, 2.75) is 37.7 Å². The van der Waals surface area contributed by atoms with E-state index in [0.717, 1.165) is 5.56 Å². The molecule has 1 aromatic heterocycles. The number of rotatable bonds is 5. The van der Waals surface area contributed by atoms with E-state index in [1.165, 1.54) is 10.2 Å². The third-order valence-electron chi connectivity index (χ3n) is 4.17. The largest absolute Gasteiger partial charge is 0.390 e. The van der Waals surface area contributed by atoms with Gasteiger partial charge in [0.1, 0.15) is 0 Å². The third kappa shape index (κ3) is 3.43. The normalized spacial score (nSPS) is 12.5. The Balaban J connectivity index is 2.11. The number of benzene rings is 2. The van der Waals surface area contributed by atoms with E-state index in [0.29, 0.717) is 16.5 Å². The van der Waals surface area contributed by atoms with Gasteiger partial charge in [-0.05, 0) is 45.0 Å². The molecule has 0 spiro atoms. The number of nitrogens with zero attached hydrogens (tertiary/aromatic N) is 1. The number of hydrogen-bond donors (Lipinski definition) is 1. The minimum Gasteiger partial charge on any atom is -0.390 e. The number of aliphatic hydroxyl groups is 1. The number of ketones is 1. The molecule has 0 aliphatic heterocycles. The van der Waals surface area contributed by atoms with Gasteiger partial charge < -0.3 is 5.11 Å². The van der Waals surface area contributed by atoms with E-state index in [1.54, 1.807) is 62.4 Å². The van der Waals surface area contributed by atoms with Gasteiger partial charge >= 0.3 is 0 Å². The molecule has 1 N–H and O–H groups in total. The van der Waals surface area contributed by atoms with Crippen molar-refractivity contribution < 1.29 is 18.3 Å². The summed E-state index contributed by atoms with van der Waals surface area (Å²) < 4.78 is 27.1. The average Bonchev–Trinajstić information content (AvgIpc) is 2.98. The van der Waals surface area contributed by atoms with Gasteiger partial charge in [-0.25, -0.2) is 12.4 Å². The highest BCUT2D eigenvalue weighted by Gasteiger charge is 2.23. The molecule has 0 radical (unpaired) electrons. The van der Waals surface area contributed by atoms with E-state index in [1.807, 2.05) is 6.92 Å². The number of Topliss-reactive ketones (excluding diaryl/α,β-unsaturated/α-hetero) is 1. The Kier molecular flexibility index (Phi) is 4.50. The Hall–Kier alpha value is -2.44. The molecule has 0 amide bonds. The first kappa shape index (κ1) is 18.4. The van der Waals surface area contributed by atoms with E-state index in [4.69, 9.17) is 0 Å². The predicted molar refractivity (Wildman–Crippen MR) is 101 cm³/mol. The number of aryl methyl sites for hydroxylation is 1. The monoisotopic (exact) mass is 371 g/mol. The molecule has 0 atom stereocenters. The molecule has 0 saturated heterocycles. The Morgan fingerprint density at radius 2 is 1.73 bits per heavy atom. The molecule has 1 heterocycles. The van der Waals surface area contributed by atoms with Gasteiger partial charge in [0.2, 0.25) is 0 Å². The van der Waals surface area contributed by atoms with Crippen LogP contribution < -0.4 is 0 Å². The Bertz CT molecular complexity index is 1070. The lowest BCUT2D eigenvalue weighted by Crippen LogP contribution is -2.23. The Morgan fingerprint density at radius 3 is 2.35 bits per heavy atom. The lowest BCUT2D eigenvalue weighted by atomic mass is 9.96. The molecule has 0 fully saturated rings. The third-order valence-corrected chi connectivity index (χ3v) is 5.87. The summed E-state index contributed by atoms with van der Waals surface area (Å²) in [5.74, 6) is -0.228. The topological polar surface area (TPSA) is 76.4 Å². The zero-order chi connectivity index (χ0) is 19.1. The molecule has 6 heteroatoms. The fraction of sp³-hybridized carbons (Fsp3) is 0.250. The van der Waals surface area contributed by atoms with Crippen LogP contribution in [0, 0.1) is 6.92 Å². The summed E-state index contributed by atoms with van der Waals surface area (Å²) in [6.45, 7) is 5.03. The van der Waals surface area contributed by atoms with E-state index >= 15 is 0 Å². The van der Waals surface area contributed by atoms with Crippen LogP contribution >= 0.6 is 0 Å². The number of hydrogen-bond acceptors (Lipinski definition) is 4. The first-order chi connectivity index (χ1) is 12.1. The fourth-order valence-electron chi connectivity index (χ4n) is 2.91. The van der Waals surface area contributed by atoms with Crippen LogP contribution in [0.25, 0.3) is 10.9 Å². The number of carbonyl (C=O) groups excluding carboxylic acids is 1. The first-order valence-electron chi connectivity index (χ1n) is 8.27. The number of aromatic nitrogens is 1. The molecule has 0 unspecified atom stereocenters. The van der Waals surface area contributed by atoms with Crippen molar-refractivity contribution >= 4 is 26.7 Å². The van der Waals surface area contributed by atoms with Crippen molar-refractivity contribution in [1.29, 1.82) is 0 Å². The van der Waals surface area contributed by atoms with Crippen LogP contribution in [0.3, 0.4) is 0 Å². The van der Waals surface area contributed by atoms with Crippen molar-refractivity contribution in [3.63, 3.8) is 0 Å². The summed E-state index contributed by atoms with van der Waals surface area (Å²) in [5.41, 5.74) is 0.686.